The van der Waals surface area contributed by atoms with Crippen LogP contribution in [-0.2, 0) is 4.74 Å². The van der Waals surface area contributed by atoms with Gasteiger partial charge in [-0.1, -0.05) is 19.8 Å². The first-order valence-electron chi connectivity index (χ1n) is 8.28. The van der Waals surface area contributed by atoms with Crippen LogP contribution in [0, 0.1) is 5.92 Å². The van der Waals surface area contributed by atoms with Gasteiger partial charge in [-0.3, -0.25) is 0 Å². The molecule has 0 amide bonds. The summed E-state index contributed by atoms with van der Waals surface area (Å²) in [6.45, 7) is 3.05. The third-order valence-electron chi connectivity index (χ3n) is 4.77. The number of nitrogens with one attached hydrogen (secondary N) is 1. The van der Waals surface area contributed by atoms with Gasteiger partial charge in [0.1, 0.15) is 11.8 Å². The van der Waals surface area contributed by atoms with E-state index in [4.69, 9.17) is 15.2 Å². The zero-order chi connectivity index (χ0) is 15.5. The highest BCUT2D eigenvalue weighted by Gasteiger charge is 2.26. The lowest BCUT2D eigenvalue weighted by molar-refractivity contribution is 0.104. The molecular weight excluding hydrogens is 280 g/mol. The zero-order valence-electron chi connectivity index (χ0n) is 13.5. The summed E-state index contributed by atoms with van der Waals surface area (Å²) >= 11 is 0. The molecule has 0 spiro atoms. The van der Waals surface area contributed by atoms with Gasteiger partial charge in [0.15, 0.2) is 11.6 Å². The Morgan fingerprint density at radius 3 is 2.68 bits per heavy atom. The van der Waals surface area contributed by atoms with Gasteiger partial charge in [0.25, 0.3) is 0 Å². The highest BCUT2D eigenvalue weighted by atomic mass is 16.5. The summed E-state index contributed by atoms with van der Waals surface area (Å²) in [4.78, 5) is 9.06. The molecule has 1 aliphatic carbocycles. The molecule has 1 aliphatic heterocycles. The second-order valence-corrected chi connectivity index (χ2v) is 6.37. The number of aromatic nitrogens is 2. The van der Waals surface area contributed by atoms with Crippen LogP contribution >= 0.6 is 0 Å². The van der Waals surface area contributed by atoms with Crippen LogP contribution < -0.4 is 15.8 Å². The number of rotatable bonds is 4. The van der Waals surface area contributed by atoms with Crippen LogP contribution in [-0.4, -0.2) is 29.7 Å². The molecule has 0 radical (unpaired) electrons. The minimum absolute atomic E-state index is 0.0428. The van der Waals surface area contributed by atoms with E-state index in [0.29, 0.717) is 35.2 Å². The van der Waals surface area contributed by atoms with Crippen LogP contribution in [0.15, 0.2) is 0 Å². The Morgan fingerprint density at radius 1 is 1.18 bits per heavy atom. The topological polar surface area (TPSA) is 82.3 Å². The summed E-state index contributed by atoms with van der Waals surface area (Å²) in [7, 11) is 1.59. The summed E-state index contributed by atoms with van der Waals surface area (Å²) in [5.41, 5.74) is 6.66. The highest BCUT2D eigenvalue weighted by Crippen LogP contribution is 2.34. The summed E-state index contributed by atoms with van der Waals surface area (Å²) in [5, 5.41) is 3.53. The maximum Gasteiger partial charge on any atom is 0.242 e. The summed E-state index contributed by atoms with van der Waals surface area (Å²) < 4.78 is 11.0. The second-order valence-electron chi connectivity index (χ2n) is 6.37. The van der Waals surface area contributed by atoms with Gasteiger partial charge in [-0.05, 0) is 31.6 Å². The largest absolute Gasteiger partial charge is 0.479 e. The Labute approximate surface area is 131 Å². The standard InChI is InChI=1S/C16H26N4O2/c1-10-6-3-4-7-11(10)18-15-13(17)16(21-2)20-14(19-15)12-8-5-9-22-12/h10-12H,3-9,17H2,1-2H3,(H,18,19,20). The van der Waals surface area contributed by atoms with Gasteiger partial charge in [-0.2, -0.15) is 4.98 Å². The summed E-state index contributed by atoms with van der Waals surface area (Å²) in [6.07, 6.45) is 6.92. The predicted molar refractivity (Wildman–Crippen MR) is 86.0 cm³/mol. The molecule has 1 saturated heterocycles. The number of ether oxygens (including phenoxy) is 2. The van der Waals surface area contributed by atoms with Crippen molar-refractivity contribution in [2.75, 3.05) is 24.8 Å². The molecule has 1 aromatic rings. The smallest absolute Gasteiger partial charge is 0.242 e. The number of nitrogen functional groups attached to an aromatic ring is 1. The number of hydrogen-bond acceptors (Lipinski definition) is 6. The van der Waals surface area contributed by atoms with Crippen molar-refractivity contribution >= 4 is 11.5 Å². The monoisotopic (exact) mass is 306 g/mol. The molecule has 3 rings (SSSR count). The Balaban J connectivity index is 1.86. The van der Waals surface area contributed by atoms with Crippen molar-refractivity contribution in [3.05, 3.63) is 5.82 Å². The van der Waals surface area contributed by atoms with Crippen molar-refractivity contribution in [1.82, 2.24) is 9.97 Å². The Hall–Kier alpha value is -1.56. The van der Waals surface area contributed by atoms with Gasteiger partial charge in [-0.15, -0.1) is 0 Å². The fraction of sp³-hybridized carbons (Fsp3) is 0.750. The van der Waals surface area contributed by atoms with Crippen molar-refractivity contribution in [2.24, 2.45) is 5.92 Å². The molecule has 2 fully saturated rings. The average Bonchev–Trinajstić information content (AvgIpc) is 3.06. The van der Waals surface area contributed by atoms with Crippen molar-refractivity contribution in [2.45, 2.75) is 57.6 Å². The second kappa shape index (κ2) is 6.69. The minimum Gasteiger partial charge on any atom is -0.479 e. The zero-order valence-corrected chi connectivity index (χ0v) is 13.5. The third kappa shape index (κ3) is 3.11. The van der Waals surface area contributed by atoms with Gasteiger partial charge in [0.2, 0.25) is 5.88 Å². The molecule has 122 valence electrons. The quantitative estimate of drug-likeness (QED) is 0.890. The van der Waals surface area contributed by atoms with Crippen LogP contribution in [0.3, 0.4) is 0 Å². The Bertz CT molecular complexity index is 517. The van der Waals surface area contributed by atoms with Crippen molar-refractivity contribution in [1.29, 1.82) is 0 Å². The third-order valence-corrected chi connectivity index (χ3v) is 4.77. The van der Waals surface area contributed by atoms with Crippen molar-refractivity contribution in [3.63, 3.8) is 0 Å². The number of nitrogens with two attached hydrogens (primary N) is 1. The molecular formula is C16H26N4O2. The summed E-state index contributed by atoms with van der Waals surface area (Å²) in [5.74, 6) is 2.43. The Kier molecular flexibility index (Phi) is 4.66. The van der Waals surface area contributed by atoms with Gasteiger partial charge >= 0.3 is 0 Å². The molecule has 3 N–H and O–H groups in total. The van der Waals surface area contributed by atoms with E-state index in [0.717, 1.165) is 25.9 Å². The van der Waals surface area contributed by atoms with Crippen molar-refractivity contribution in [3.8, 4) is 5.88 Å². The number of hydrogen-bond donors (Lipinski definition) is 2. The normalized spacial score (nSPS) is 28.5. The summed E-state index contributed by atoms with van der Waals surface area (Å²) in [6, 6.07) is 0.410. The molecule has 6 heteroatoms. The fourth-order valence-electron chi connectivity index (χ4n) is 3.36. The molecule has 0 bridgehead atoms. The highest BCUT2D eigenvalue weighted by molar-refractivity contribution is 5.67. The molecule has 3 atom stereocenters. The van der Waals surface area contributed by atoms with Crippen LogP contribution in [0.2, 0.25) is 0 Å². The van der Waals surface area contributed by atoms with E-state index in [1.807, 2.05) is 0 Å². The molecule has 6 nitrogen and oxygen atoms in total. The lowest BCUT2D eigenvalue weighted by Crippen LogP contribution is -2.31. The first-order chi connectivity index (χ1) is 10.7. The maximum atomic E-state index is 6.17. The van der Waals surface area contributed by atoms with Gasteiger partial charge < -0.3 is 20.5 Å². The van der Waals surface area contributed by atoms with E-state index in [1.54, 1.807) is 7.11 Å². The first kappa shape index (κ1) is 15.3. The SMILES string of the molecule is COc1nc(C2CCCO2)nc(NC2CCCCC2C)c1N. The molecule has 2 heterocycles. The lowest BCUT2D eigenvalue weighted by atomic mass is 9.86. The van der Waals surface area contributed by atoms with Crippen LogP contribution in [0.25, 0.3) is 0 Å². The van der Waals surface area contributed by atoms with E-state index in [9.17, 15) is 0 Å². The van der Waals surface area contributed by atoms with Crippen LogP contribution in [0.1, 0.15) is 57.4 Å². The van der Waals surface area contributed by atoms with Crippen molar-refractivity contribution < 1.29 is 9.47 Å². The van der Waals surface area contributed by atoms with E-state index in [2.05, 4.69) is 22.2 Å². The first-order valence-corrected chi connectivity index (χ1v) is 8.28. The molecule has 22 heavy (non-hydrogen) atoms. The molecule has 1 saturated carbocycles. The number of methoxy groups -OCH3 is 1. The van der Waals surface area contributed by atoms with E-state index in [1.165, 1.54) is 19.3 Å². The van der Waals surface area contributed by atoms with Crippen LogP contribution in [0.5, 0.6) is 5.88 Å². The average molecular weight is 306 g/mol. The van der Waals surface area contributed by atoms with E-state index < -0.39 is 0 Å². The molecule has 0 aromatic carbocycles. The molecule has 2 aliphatic rings. The Morgan fingerprint density at radius 2 is 2.00 bits per heavy atom. The molecule has 3 unspecified atom stereocenters. The number of nitrogens with zero attached hydrogens (tertiary/aromatic N) is 2. The lowest BCUT2D eigenvalue weighted by Gasteiger charge is -2.30. The van der Waals surface area contributed by atoms with Gasteiger partial charge in [-0.25, -0.2) is 4.98 Å². The number of anilines is 2. The maximum absolute atomic E-state index is 6.17. The van der Waals surface area contributed by atoms with E-state index in [-0.39, 0.29) is 6.10 Å². The van der Waals surface area contributed by atoms with Gasteiger partial charge in [0.05, 0.1) is 7.11 Å². The van der Waals surface area contributed by atoms with Crippen LogP contribution in [0.4, 0.5) is 11.5 Å². The minimum atomic E-state index is -0.0428. The molecule has 1 aromatic heterocycles. The van der Waals surface area contributed by atoms with Gasteiger partial charge in [0, 0.05) is 12.6 Å². The predicted octanol–water partition coefficient (Wildman–Crippen LogP) is 2.91. The van der Waals surface area contributed by atoms with E-state index >= 15 is 0 Å². The fourth-order valence-corrected chi connectivity index (χ4v) is 3.36.